The summed E-state index contributed by atoms with van der Waals surface area (Å²) in [6.07, 6.45) is -5.72. The topological polar surface area (TPSA) is 82.5 Å². The van der Waals surface area contributed by atoms with Crippen LogP contribution in [0.2, 0.25) is 0 Å². The van der Waals surface area contributed by atoms with E-state index in [2.05, 4.69) is 15.0 Å². The summed E-state index contributed by atoms with van der Waals surface area (Å²) in [5, 5.41) is 2.94. The first-order valence-corrected chi connectivity index (χ1v) is 14.3. The van der Waals surface area contributed by atoms with Crippen molar-refractivity contribution in [1.82, 2.24) is 18.6 Å². The fourth-order valence-electron chi connectivity index (χ4n) is 4.95. The Balaban J connectivity index is 1.71. The number of likely N-dealkylation sites (N-methyl/N-ethyl adjacent to an activating group) is 1. The number of fused-ring (bicyclic) bond motifs is 1. The molecular weight excluding hydrogens is 567 g/mol. The van der Waals surface area contributed by atoms with E-state index in [1.54, 1.807) is 37.8 Å². The van der Waals surface area contributed by atoms with E-state index in [1.165, 1.54) is 35.0 Å². The van der Waals surface area contributed by atoms with Gasteiger partial charge in [-0.3, -0.25) is 9.36 Å². The molecule has 2 atom stereocenters. The van der Waals surface area contributed by atoms with Crippen LogP contribution < -0.4 is 20.5 Å². The molecule has 8 nitrogen and oxygen atoms in total. The molecule has 224 valence electrons. The average Bonchev–Trinajstić information content (AvgIpc) is 2.88. The highest BCUT2D eigenvalue weighted by molar-refractivity contribution is 7.80. The summed E-state index contributed by atoms with van der Waals surface area (Å²) < 4.78 is 88.4. The number of rotatable bonds is 10. The number of nitrogens with one attached hydrogen (secondary N) is 2. The molecule has 1 aliphatic rings. The van der Waals surface area contributed by atoms with Gasteiger partial charge in [0.15, 0.2) is 22.7 Å². The molecule has 0 spiro atoms. The van der Waals surface area contributed by atoms with Gasteiger partial charge < -0.3 is 10.2 Å². The van der Waals surface area contributed by atoms with Gasteiger partial charge in [0.25, 0.3) is 5.56 Å². The van der Waals surface area contributed by atoms with Gasteiger partial charge in [0, 0.05) is 56.9 Å². The zero-order valence-electron chi connectivity index (χ0n) is 23.4. The number of benzene rings is 1. The van der Waals surface area contributed by atoms with Crippen LogP contribution in [0.4, 0.5) is 33.5 Å². The summed E-state index contributed by atoms with van der Waals surface area (Å²) in [4.78, 5) is 18.7. The Labute approximate surface area is 237 Å². The fourth-order valence-corrected chi connectivity index (χ4v) is 6.00. The van der Waals surface area contributed by atoms with Gasteiger partial charge in [-0.05, 0) is 57.0 Å². The second-order valence-corrected chi connectivity index (χ2v) is 11.5. The van der Waals surface area contributed by atoms with E-state index in [-0.39, 0.29) is 54.2 Å². The van der Waals surface area contributed by atoms with Crippen molar-refractivity contribution in [3.8, 4) is 0 Å². The van der Waals surface area contributed by atoms with Gasteiger partial charge in [-0.1, -0.05) is 6.07 Å². The Hall–Kier alpha value is -3.10. The second kappa shape index (κ2) is 12.0. The first-order chi connectivity index (χ1) is 19.2. The lowest BCUT2D eigenvalue weighted by Crippen LogP contribution is -2.53. The number of pyridine rings is 2. The zero-order chi connectivity index (χ0) is 30.2. The predicted octanol–water partition coefficient (Wildman–Crippen LogP) is 4.53. The van der Waals surface area contributed by atoms with Crippen LogP contribution in [0.25, 0.3) is 10.8 Å². The van der Waals surface area contributed by atoms with Gasteiger partial charge in [0.1, 0.15) is 12.0 Å². The fraction of sp³-hybridized carbons (Fsp3) is 0.481. The van der Waals surface area contributed by atoms with Crippen molar-refractivity contribution in [3.63, 3.8) is 0 Å². The van der Waals surface area contributed by atoms with Gasteiger partial charge >= 0.3 is 6.18 Å². The van der Waals surface area contributed by atoms with Gasteiger partial charge in [-0.2, -0.15) is 13.2 Å². The number of alkyl halides is 4. The van der Waals surface area contributed by atoms with E-state index in [0.29, 0.717) is 17.7 Å². The van der Waals surface area contributed by atoms with Crippen LogP contribution in [0.15, 0.2) is 29.1 Å². The number of aryl methyl sites for hydroxylation is 2. The molecule has 0 bridgehead atoms. The smallest absolute Gasteiger partial charge is 0.377 e. The number of nitrogens with zero attached hydrogens (tertiary/aromatic N) is 4. The maximum atomic E-state index is 16.4. The van der Waals surface area contributed by atoms with Crippen molar-refractivity contribution in [1.29, 1.82) is 0 Å². The molecule has 1 fully saturated rings. The van der Waals surface area contributed by atoms with Crippen LogP contribution >= 0.6 is 0 Å². The third-order valence-corrected chi connectivity index (χ3v) is 8.27. The molecule has 14 heteroatoms. The minimum Gasteiger partial charge on any atom is -0.377 e. The number of anilines is 2. The largest absolute Gasteiger partial charge is 0.435 e. The summed E-state index contributed by atoms with van der Waals surface area (Å²) >= 11 is -1.59. The van der Waals surface area contributed by atoms with Crippen LogP contribution in [0.1, 0.15) is 42.4 Å². The molecule has 3 aromatic rings. The van der Waals surface area contributed by atoms with E-state index in [1.807, 2.05) is 0 Å². The summed E-state index contributed by atoms with van der Waals surface area (Å²) in [7, 11) is 1.45. The van der Waals surface area contributed by atoms with Crippen LogP contribution in [0.3, 0.4) is 0 Å². The first-order valence-electron chi connectivity index (χ1n) is 13.2. The minimum absolute atomic E-state index is 0.00404. The summed E-state index contributed by atoms with van der Waals surface area (Å²) in [5.74, 6) is -0.703. The van der Waals surface area contributed by atoms with Crippen LogP contribution in [0.5, 0.6) is 0 Å². The Morgan fingerprint density at radius 2 is 1.90 bits per heavy atom. The maximum Gasteiger partial charge on any atom is 0.435 e. The molecule has 3 heterocycles. The van der Waals surface area contributed by atoms with Crippen molar-refractivity contribution in [3.05, 3.63) is 63.0 Å². The minimum atomic E-state index is -4.71. The van der Waals surface area contributed by atoms with E-state index in [4.69, 9.17) is 0 Å². The van der Waals surface area contributed by atoms with Crippen molar-refractivity contribution in [2.45, 2.75) is 46.1 Å². The number of hydrogen-bond acceptors (Lipinski definition) is 5. The lowest BCUT2D eigenvalue weighted by molar-refractivity contribution is -0.140. The number of aromatic nitrogens is 2. The average molecular weight is 601 g/mol. The first kappa shape index (κ1) is 30.8. The number of halogens is 5. The molecule has 4 rings (SSSR count). The van der Waals surface area contributed by atoms with Crippen molar-refractivity contribution < 1.29 is 26.2 Å². The van der Waals surface area contributed by atoms with Crippen molar-refractivity contribution in [2.24, 2.45) is 7.05 Å². The van der Waals surface area contributed by atoms with E-state index in [9.17, 15) is 26.6 Å². The maximum absolute atomic E-state index is 16.4. The standard InChI is InChI=1S/C27H33F5N6O2S/c1-6-37(10-9-33-41(40)38-13-18(28)14-38)25-23(29)22-19(11-15(2)12-20(22)26(39)36(25)5)17(4)35-21-8-7-16(3)34-24(21)27(30,31)32/h7-8,11-12,17-18,33,35H,6,9-10,13-14H2,1-5H3/t17-,41?/m1/s1. The molecule has 0 saturated carbocycles. The Bertz CT molecular complexity index is 1520. The molecule has 1 aliphatic heterocycles. The zero-order valence-corrected chi connectivity index (χ0v) is 24.2. The number of hydrogen-bond donors (Lipinski definition) is 2. The van der Waals surface area contributed by atoms with E-state index >= 15 is 4.39 Å². The molecule has 0 radical (unpaired) electrons. The van der Waals surface area contributed by atoms with Gasteiger partial charge in [-0.15, -0.1) is 0 Å². The molecule has 1 aromatic carbocycles. The van der Waals surface area contributed by atoms with Crippen LogP contribution in [-0.4, -0.2) is 57.0 Å². The SMILES string of the molecule is CCN(CCNS(=O)N1CC(F)C1)c1c(F)c2c([C@@H](C)Nc3ccc(C)nc3C(F)(F)F)cc(C)cc2c(=O)n1C. The lowest BCUT2D eigenvalue weighted by atomic mass is 9.96. The normalized spacial score (nSPS) is 16.0. The van der Waals surface area contributed by atoms with Gasteiger partial charge in [-0.25, -0.2) is 27.0 Å². The molecule has 2 aromatic heterocycles. The monoisotopic (exact) mass is 600 g/mol. The third kappa shape index (κ3) is 6.38. The van der Waals surface area contributed by atoms with Crippen LogP contribution in [-0.2, 0) is 24.4 Å². The molecule has 1 unspecified atom stereocenters. The summed E-state index contributed by atoms with van der Waals surface area (Å²) in [6, 6.07) is 5.11. The molecule has 0 aliphatic carbocycles. The van der Waals surface area contributed by atoms with Gasteiger partial charge in [0.2, 0.25) is 0 Å². The highest BCUT2D eigenvalue weighted by atomic mass is 32.2. The molecular formula is C27H33F5N6O2S. The predicted molar refractivity (Wildman–Crippen MR) is 150 cm³/mol. The summed E-state index contributed by atoms with van der Waals surface area (Å²) in [6.45, 7) is 7.35. The lowest BCUT2D eigenvalue weighted by Gasteiger charge is -2.33. The molecule has 1 saturated heterocycles. The van der Waals surface area contributed by atoms with Crippen molar-refractivity contribution in [2.75, 3.05) is 42.9 Å². The molecule has 41 heavy (non-hydrogen) atoms. The highest BCUT2D eigenvalue weighted by Crippen LogP contribution is 2.37. The summed E-state index contributed by atoms with van der Waals surface area (Å²) in [5.41, 5.74) is -0.648. The van der Waals surface area contributed by atoms with Crippen LogP contribution in [0, 0.1) is 19.7 Å². The van der Waals surface area contributed by atoms with Gasteiger partial charge in [0.05, 0.1) is 11.1 Å². The van der Waals surface area contributed by atoms with Crippen molar-refractivity contribution >= 4 is 33.4 Å². The Morgan fingerprint density at radius 1 is 1.22 bits per heavy atom. The third-order valence-electron chi connectivity index (χ3n) is 7.05. The Morgan fingerprint density at radius 3 is 2.51 bits per heavy atom. The second-order valence-electron chi connectivity index (χ2n) is 10.2. The highest BCUT2D eigenvalue weighted by Gasteiger charge is 2.36. The molecule has 0 amide bonds. The Kier molecular flexibility index (Phi) is 9.04. The molecule has 2 N–H and O–H groups in total. The van der Waals surface area contributed by atoms with E-state index in [0.717, 1.165) is 0 Å². The quantitative estimate of drug-likeness (QED) is 0.335. The van der Waals surface area contributed by atoms with E-state index < -0.39 is 46.6 Å².